The molecule has 1 heterocycles. The minimum Gasteiger partial charge on any atom is -0.476 e. The molecule has 1 amide bonds. The highest BCUT2D eigenvalue weighted by molar-refractivity contribution is 5.87. The monoisotopic (exact) mass is 284 g/mol. The number of aromatic nitrogens is 3. The van der Waals surface area contributed by atoms with Gasteiger partial charge in [-0.3, -0.25) is 4.79 Å². The minimum absolute atomic E-state index is 0.0322. The number of hydrogen-bond donors (Lipinski definition) is 1. The van der Waals surface area contributed by atoms with Gasteiger partial charge in [0.2, 0.25) is 5.91 Å². The van der Waals surface area contributed by atoms with E-state index in [-0.39, 0.29) is 23.9 Å². The Kier molecular flexibility index (Phi) is 5.63. The number of nitrogens with zero attached hydrogens (tertiary/aromatic N) is 4. The molecule has 1 unspecified atom stereocenters. The molecule has 1 aromatic rings. The fourth-order valence-electron chi connectivity index (χ4n) is 1.97. The molecule has 0 saturated carbocycles. The van der Waals surface area contributed by atoms with Crippen LogP contribution in [0.5, 0.6) is 0 Å². The number of ether oxygens (including phenoxy) is 1. The summed E-state index contributed by atoms with van der Waals surface area (Å²) in [5.74, 6) is -1.32. The Labute approximate surface area is 117 Å². The Balaban J connectivity index is 3.12. The number of carbonyl (C=O) groups excluding carboxylic acids is 1. The second-order valence-electron chi connectivity index (χ2n) is 4.25. The van der Waals surface area contributed by atoms with Crippen molar-refractivity contribution in [2.24, 2.45) is 0 Å². The first-order valence-corrected chi connectivity index (χ1v) is 6.42. The van der Waals surface area contributed by atoms with Crippen molar-refractivity contribution in [3.63, 3.8) is 0 Å². The molecule has 0 aliphatic rings. The predicted molar refractivity (Wildman–Crippen MR) is 70.3 cm³/mol. The number of likely N-dealkylation sites (N-methyl/N-ethyl adjacent to an activating group) is 1. The zero-order valence-electron chi connectivity index (χ0n) is 12.2. The van der Waals surface area contributed by atoms with Gasteiger partial charge < -0.3 is 14.7 Å². The van der Waals surface area contributed by atoms with Crippen molar-refractivity contribution in [3.8, 4) is 0 Å². The molecule has 0 saturated heterocycles. The SMILES string of the molecule is CCN(CC)C(=O)C(C)n1nnc(C(=O)O)c1COC. The lowest BCUT2D eigenvalue weighted by atomic mass is 10.2. The topological polar surface area (TPSA) is 97.6 Å². The second kappa shape index (κ2) is 6.99. The number of hydrogen-bond acceptors (Lipinski definition) is 5. The van der Waals surface area contributed by atoms with E-state index >= 15 is 0 Å². The normalized spacial score (nSPS) is 12.2. The van der Waals surface area contributed by atoms with E-state index in [1.807, 2.05) is 13.8 Å². The highest BCUT2D eigenvalue weighted by Crippen LogP contribution is 2.15. The average Bonchev–Trinajstić information content (AvgIpc) is 2.83. The summed E-state index contributed by atoms with van der Waals surface area (Å²) in [7, 11) is 1.44. The molecule has 8 heteroatoms. The van der Waals surface area contributed by atoms with E-state index in [0.29, 0.717) is 13.1 Å². The standard InChI is InChI=1S/C12H20N4O4/c1-5-15(6-2)11(17)8(3)16-9(7-20-4)10(12(18)19)13-14-16/h8H,5-7H2,1-4H3,(H,18,19). The van der Waals surface area contributed by atoms with Gasteiger partial charge in [-0.1, -0.05) is 5.21 Å². The van der Waals surface area contributed by atoms with Gasteiger partial charge in [-0.2, -0.15) is 0 Å². The number of aromatic carboxylic acids is 1. The Morgan fingerprint density at radius 2 is 2.00 bits per heavy atom. The van der Waals surface area contributed by atoms with Crippen molar-refractivity contribution < 1.29 is 19.4 Å². The number of carboxylic acid groups (broad SMARTS) is 1. The van der Waals surface area contributed by atoms with Crippen molar-refractivity contribution >= 4 is 11.9 Å². The van der Waals surface area contributed by atoms with Crippen LogP contribution in [0.25, 0.3) is 0 Å². The van der Waals surface area contributed by atoms with Crippen molar-refractivity contribution in [1.82, 2.24) is 19.9 Å². The Morgan fingerprint density at radius 3 is 2.45 bits per heavy atom. The van der Waals surface area contributed by atoms with Crippen LogP contribution >= 0.6 is 0 Å². The van der Waals surface area contributed by atoms with Gasteiger partial charge in [0.1, 0.15) is 11.7 Å². The summed E-state index contributed by atoms with van der Waals surface area (Å²) < 4.78 is 6.28. The number of amides is 1. The van der Waals surface area contributed by atoms with E-state index < -0.39 is 12.0 Å². The molecule has 8 nitrogen and oxygen atoms in total. The molecule has 112 valence electrons. The van der Waals surface area contributed by atoms with Gasteiger partial charge >= 0.3 is 5.97 Å². The minimum atomic E-state index is -1.19. The maximum absolute atomic E-state index is 12.3. The highest BCUT2D eigenvalue weighted by atomic mass is 16.5. The van der Waals surface area contributed by atoms with Crippen LogP contribution in [0.3, 0.4) is 0 Å². The summed E-state index contributed by atoms with van der Waals surface area (Å²) in [5.41, 5.74) is 0.0963. The fraction of sp³-hybridized carbons (Fsp3) is 0.667. The molecule has 20 heavy (non-hydrogen) atoms. The lowest BCUT2D eigenvalue weighted by molar-refractivity contribution is -0.134. The summed E-state index contributed by atoms with van der Waals surface area (Å²) >= 11 is 0. The summed E-state index contributed by atoms with van der Waals surface area (Å²) in [6.07, 6.45) is 0. The molecular weight excluding hydrogens is 264 g/mol. The summed E-state index contributed by atoms with van der Waals surface area (Å²) in [5, 5.41) is 16.5. The van der Waals surface area contributed by atoms with Gasteiger partial charge in [0.15, 0.2) is 5.69 Å². The molecule has 0 fully saturated rings. The average molecular weight is 284 g/mol. The zero-order valence-corrected chi connectivity index (χ0v) is 12.2. The first-order chi connectivity index (χ1) is 9.47. The number of methoxy groups -OCH3 is 1. The van der Waals surface area contributed by atoms with Gasteiger partial charge in [-0.05, 0) is 20.8 Å². The molecule has 0 bridgehead atoms. The van der Waals surface area contributed by atoms with Crippen LogP contribution in [-0.4, -0.2) is 57.1 Å². The third-order valence-electron chi connectivity index (χ3n) is 3.07. The van der Waals surface area contributed by atoms with Crippen molar-refractivity contribution in [2.45, 2.75) is 33.4 Å². The second-order valence-corrected chi connectivity index (χ2v) is 4.25. The maximum atomic E-state index is 12.3. The number of carboxylic acids is 1. The highest BCUT2D eigenvalue weighted by Gasteiger charge is 2.27. The predicted octanol–water partition coefficient (Wildman–Crippen LogP) is 0.552. The maximum Gasteiger partial charge on any atom is 0.358 e. The van der Waals surface area contributed by atoms with Gasteiger partial charge in [-0.15, -0.1) is 5.10 Å². The van der Waals surface area contributed by atoms with E-state index in [2.05, 4.69) is 10.3 Å². The van der Waals surface area contributed by atoms with Gasteiger partial charge in [-0.25, -0.2) is 9.48 Å². The van der Waals surface area contributed by atoms with E-state index in [1.165, 1.54) is 11.8 Å². The van der Waals surface area contributed by atoms with Crippen LogP contribution in [-0.2, 0) is 16.1 Å². The van der Waals surface area contributed by atoms with E-state index in [9.17, 15) is 9.59 Å². The lowest BCUT2D eigenvalue weighted by Gasteiger charge is -2.23. The molecular formula is C12H20N4O4. The van der Waals surface area contributed by atoms with E-state index in [4.69, 9.17) is 9.84 Å². The molecule has 1 aromatic heterocycles. The van der Waals surface area contributed by atoms with Crippen LogP contribution in [0.1, 0.15) is 43.0 Å². The van der Waals surface area contributed by atoms with Crippen LogP contribution in [0.2, 0.25) is 0 Å². The molecule has 1 N–H and O–H groups in total. The smallest absolute Gasteiger partial charge is 0.358 e. The lowest BCUT2D eigenvalue weighted by Crippen LogP contribution is -2.36. The van der Waals surface area contributed by atoms with Gasteiger partial charge in [0, 0.05) is 20.2 Å². The van der Waals surface area contributed by atoms with E-state index in [1.54, 1.807) is 11.8 Å². The van der Waals surface area contributed by atoms with Crippen molar-refractivity contribution in [1.29, 1.82) is 0 Å². The molecule has 0 radical (unpaired) electrons. The number of rotatable bonds is 7. The first-order valence-electron chi connectivity index (χ1n) is 6.42. The third kappa shape index (κ3) is 3.13. The third-order valence-corrected chi connectivity index (χ3v) is 3.07. The molecule has 0 aliphatic heterocycles. The molecule has 0 spiro atoms. The van der Waals surface area contributed by atoms with Crippen molar-refractivity contribution in [2.75, 3.05) is 20.2 Å². The van der Waals surface area contributed by atoms with Crippen LogP contribution < -0.4 is 0 Å². The summed E-state index contributed by atoms with van der Waals surface area (Å²) in [6.45, 7) is 6.63. The van der Waals surface area contributed by atoms with Crippen LogP contribution in [0, 0.1) is 0 Å². The molecule has 1 rings (SSSR count). The molecule has 1 atom stereocenters. The van der Waals surface area contributed by atoms with E-state index in [0.717, 1.165) is 0 Å². The quantitative estimate of drug-likeness (QED) is 0.785. The Hall–Kier alpha value is -1.96. The largest absolute Gasteiger partial charge is 0.476 e. The Morgan fingerprint density at radius 1 is 1.40 bits per heavy atom. The van der Waals surface area contributed by atoms with Crippen LogP contribution in [0.4, 0.5) is 0 Å². The Bertz CT molecular complexity index is 482. The van der Waals surface area contributed by atoms with Crippen LogP contribution in [0.15, 0.2) is 0 Å². The summed E-state index contributed by atoms with van der Waals surface area (Å²) in [4.78, 5) is 25.0. The van der Waals surface area contributed by atoms with Crippen molar-refractivity contribution in [3.05, 3.63) is 11.4 Å². The molecule has 0 aromatic carbocycles. The zero-order chi connectivity index (χ0) is 15.3. The summed E-state index contributed by atoms with van der Waals surface area (Å²) in [6, 6.07) is -0.624. The molecule has 0 aliphatic carbocycles. The fourth-order valence-corrected chi connectivity index (χ4v) is 1.97. The first kappa shape index (κ1) is 16.1. The van der Waals surface area contributed by atoms with Gasteiger partial charge in [0.25, 0.3) is 0 Å². The van der Waals surface area contributed by atoms with Gasteiger partial charge in [0.05, 0.1) is 6.61 Å². The number of carbonyl (C=O) groups is 2.